The molecule has 2 saturated heterocycles. The lowest BCUT2D eigenvalue weighted by Gasteiger charge is -2.30. The van der Waals surface area contributed by atoms with Crippen LogP contribution in [0, 0.1) is 23.3 Å². The Balaban J connectivity index is 1.19. The van der Waals surface area contributed by atoms with E-state index in [-0.39, 0.29) is 11.1 Å². The third-order valence-corrected chi connectivity index (χ3v) is 11.1. The topological polar surface area (TPSA) is 153 Å². The fourth-order valence-electron chi connectivity index (χ4n) is 6.97. The van der Waals surface area contributed by atoms with Gasteiger partial charge in [0.25, 0.3) is 0 Å². The van der Waals surface area contributed by atoms with Crippen LogP contribution in [-0.4, -0.2) is 105 Å². The smallest absolute Gasteiger partial charge is 0.330 e. The third-order valence-electron chi connectivity index (χ3n) is 10.0. The van der Waals surface area contributed by atoms with E-state index in [1.54, 1.807) is 53.3 Å². The van der Waals surface area contributed by atoms with Crippen molar-refractivity contribution < 1.29 is 49.8 Å². The molecule has 2 fully saturated rings. The largest absolute Gasteiger partial charge is 0.378 e. The number of carbonyl (C=O) groups excluding carboxylic acids is 3. The lowest BCUT2D eigenvalue weighted by Crippen LogP contribution is -2.57. The zero-order valence-electron chi connectivity index (χ0n) is 32.9. The lowest BCUT2D eigenvalue weighted by molar-refractivity contribution is -0.120. The summed E-state index contributed by atoms with van der Waals surface area (Å²) in [7, 11) is -2.17. The van der Waals surface area contributed by atoms with Gasteiger partial charge in [0.2, 0.25) is 11.8 Å². The first-order valence-electron chi connectivity index (χ1n) is 19.1. The summed E-state index contributed by atoms with van der Waals surface area (Å²) >= 11 is 0. The SMILES string of the molecule is CN(C(=O)[C@H](Cc1cc(F)cc(F)c1)NC(=O)NS(=O)(=O)N[C@@H](Cc1cc(F)cc(F)c1)C(=O)N(C)c1ccc(N2CCOCC2)cc1)c1ccc(N2CCOCC2)cc1. The number of rotatable bonds is 14. The molecule has 19 heteroatoms. The van der Waals surface area contributed by atoms with Crippen LogP contribution in [0.15, 0.2) is 84.9 Å². The van der Waals surface area contributed by atoms with Crippen LogP contribution in [0.4, 0.5) is 45.1 Å². The Morgan fingerprint density at radius 2 is 0.983 bits per heavy atom. The molecular formula is C41H45F4N7O7S. The number of urea groups is 1. The quantitative estimate of drug-likeness (QED) is 0.161. The Kier molecular flexibility index (Phi) is 14.3. The van der Waals surface area contributed by atoms with Crippen LogP contribution in [0.3, 0.4) is 0 Å². The molecular weight excluding hydrogens is 811 g/mol. The first kappa shape index (κ1) is 43.8. The Bertz CT molecular complexity index is 2220. The fourth-order valence-corrected chi connectivity index (χ4v) is 7.89. The summed E-state index contributed by atoms with van der Waals surface area (Å²) in [5.41, 5.74) is 2.45. The van der Waals surface area contributed by atoms with Gasteiger partial charge in [0.1, 0.15) is 35.4 Å². The summed E-state index contributed by atoms with van der Waals surface area (Å²) in [6.45, 7) is 4.92. The molecule has 320 valence electrons. The highest BCUT2D eigenvalue weighted by molar-refractivity contribution is 7.88. The molecule has 4 aromatic rings. The number of hydrogen-bond donors (Lipinski definition) is 3. The molecule has 0 aromatic heterocycles. The summed E-state index contributed by atoms with van der Waals surface area (Å²) in [4.78, 5) is 47.9. The molecule has 2 atom stereocenters. The molecule has 4 aromatic carbocycles. The van der Waals surface area contributed by atoms with Crippen LogP contribution in [-0.2, 0) is 42.1 Å². The van der Waals surface area contributed by atoms with Crippen LogP contribution in [0.2, 0.25) is 0 Å². The number of amides is 4. The van der Waals surface area contributed by atoms with Gasteiger partial charge in [-0.25, -0.2) is 27.1 Å². The number of benzene rings is 4. The summed E-state index contributed by atoms with van der Waals surface area (Å²) in [5, 5.41) is 2.29. The maximum absolute atomic E-state index is 14.2. The molecule has 0 spiro atoms. The molecule has 3 N–H and O–H groups in total. The van der Waals surface area contributed by atoms with Crippen molar-refractivity contribution in [3.8, 4) is 0 Å². The highest BCUT2D eigenvalue weighted by atomic mass is 32.2. The van der Waals surface area contributed by atoms with Gasteiger partial charge in [-0.15, -0.1) is 0 Å². The number of carbonyl (C=O) groups is 3. The molecule has 0 unspecified atom stereocenters. The van der Waals surface area contributed by atoms with Gasteiger partial charge < -0.3 is 34.4 Å². The van der Waals surface area contributed by atoms with E-state index in [1.807, 2.05) is 0 Å². The van der Waals surface area contributed by atoms with Crippen molar-refractivity contribution in [3.63, 3.8) is 0 Å². The van der Waals surface area contributed by atoms with Crippen molar-refractivity contribution in [2.75, 3.05) is 86.3 Å². The molecule has 2 heterocycles. The third kappa shape index (κ3) is 11.7. The van der Waals surface area contributed by atoms with Crippen LogP contribution in [0.5, 0.6) is 0 Å². The molecule has 4 amide bonds. The number of likely N-dealkylation sites (N-methyl/N-ethyl adjacent to an activating group) is 2. The van der Waals surface area contributed by atoms with Gasteiger partial charge in [-0.05, 0) is 90.3 Å². The maximum Gasteiger partial charge on any atom is 0.330 e. The first-order valence-corrected chi connectivity index (χ1v) is 20.5. The highest BCUT2D eigenvalue weighted by Crippen LogP contribution is 2.24. The molecule has 2 aliphatic rings. The standard InChI is InChI=1S/C41H45F4N7O7S/c1-49(33-3-7-35(8-4-33)51-11-15-58-16-12-51)39(53)37(23-27-19-29(42)25-30(43)20-27)46-41(55)48-60(56,57)47-38(24-28-21-31(44)26-32(45)22-28)40(54)50(2)34-5-9-36(10-6-34)52-13-17-59-18-14-52/h3-10,19-22,25-26,37-38,47H,11-18,23-24H2,1-2H3,(H2,46,48,55)/t37-,38-/m0/s1. The fraction of sp³-hybridized carbons (Fsp3) is 0.341. The second-order valence-electron chi connectivity index (χ2n) is 14.3. The molecule has 0 radical (unpaired) electrons. The van der Waals surface area contributed by atoms with E-state index in [0.29, 0.717) is 76.1 Å². The maximum atomic E-state index is 14.2. The number of nitrogens with zero attached hydrogens (tertiary/aromatic N) is 4. The second-order valence-corrected chi connectivity index (χ2v) is 15.7. The van der Waals surface area contributed by atoms with Crippen molar-refractivity contribution >= 4 is 50.8 Å². The monoisotopic (exact) mass is 855 g/mol. The minimum atomic E-state index is -4.97. The molecule has 60 heavy (non-hydrogen) atoms. The van der Waals surface area contributed by atoms with E-state index in [4.69, 9.17) is 9.47 Å². The first-order chi connectivity index (χ1) is 28.6. The average Bonchev–Trinajstić information content (AvgIpc) is 3.22. The summed E-state index contributed by atoms with van der Waals surface area (Å²) in [5.74, 6) is -5.41. The Hall–Kier alpha value is -5.76. The summed E-state index contributed by atoms with van der Waals surface area (Å²) in [6.07, 6.45) is -0.987. The minimum Gasteiger partial charge on any atom is -0.378 e. The van der Waals surface area contributed by atoms with Crippen molar-refractivity contribution in [1.82, 2.24) is 14.8 Å². The summed E-state index contributed by atoms with van der Waals surface area (Å²) in [6, 6.07) is 14.2. The molecule has 0 saturated carbocycles. The van der Waals surface area contributed by atoms with Gasteiger partial charge in [-0.2, -0.15) is 13.1 Å². The minimum absolute atomic E-state index is 0.0165. The van der Waals surface area contributed by atoms with Crippen LogP contribution < -0.4 is 34.4 Å². The van der Waals surface area contributed by atoms with E-state index >= 15 is 0 Å². The molecule has 14 nitrogen and oxygen atoms in total. The van der Waals surface area contributed by atoms with E-state index in [9.17, 15) is 40.4 Å². The van der Waals surface area contributed by atoms with Gasteiger partial charge >= 0.3 is 16.2 Å². The Morgan fingerprint density at radius 1 is 0.617 bits per heavy atom. The zero-order chi connectivity index (χ0) is 43.0. The predicted octanol–water partition coefficient (Wildman–Crippen LogP) is 3.90. The molecule has 0 aliphatic carbocycles. The van der Waals surface area contributed by atoms with E-state index in [2.05, 4.69) is 19.8 Å². The van der Waals surface area contributed by atoms with E-state index in [1.165, 1.54) is 19.0 Å². The van der Waals surface area contributed by atoms with Crippen molar-refractivity contribution in [3.05, 3.63) is 119 Å². The van der Waals surface area contributed by atoms with Gasteiger partial charge in [-0.3, -0.25) is 9.59 Å². The Labute approximate surface area is 345 Å². The van der Waals surface area contributed by atoms with Crippen LogP contribution in [0.1, 0.15) is 11.1 Å². The zero-order valence-corrected chi connectivity index (χ0v) is 33.7. The second kappa shape index (κ2) is 19.5. The van der Waals surface area contributed by atoms with Gasteiger partial charge in [0.15, 0.2) is 0 Å². The van der Waals surface area contributed by atoms with Crippen molar-refractivity contribution in [2.45, 2.75) is 24.9 Å². The number of hydrogen-bond acceptors (Lipinski definition) is 9. The van der Waals surface area contributed by atoms with Gasteiger partial charge in [0, 0.05) is 81.6 Å². The molecule has 0 bridgehead atoms. The number of halogens is 4. The van der Waals surface area contributed by atoms with Crippen molar-refractivity contribution in [1.29, 1.82) is 0 Å². The highest BCUT2D eigenvalue weighted by Gasteiger charge is 2.32. The number of ether oxygens (including phenoxy) is 2. The number of nitrogens with one attached hydrogen (secondary N) is 3. The number of anilines is 4. The van der Waals surface area contributed by atoms with Crippen molar-refractivity contribution in [2.24, 2.45) is 0 Å². The molecule has 6 rings (SSSR count). The van der Waals surface area contributed by atoms with Crippen LogP contribution >= 0.6 is 0 Å². The van der Waals surface area contributed by atoms with E-state index < -0.39 is 76.2 Å². The van der Waals surface area contributed by atoms with Gasteiger partial charge in [0.05, 0.1) is 26.4 Å². The normalized spacial score (nSPS) is 15.5. The summed E-state index contributed by atoms with van der Waals surface area (Å²) < 4.78 is 98.6. The average molecular weight is 856 g/mol. The Morgan fingerprint density at radius 3 is 1.38 bits per heavy atom. The molecule has 2 aliphatic heterocycles. The number of morpholine rings is 2. The predicted molar refractivity (Wildman–Crippen MR) is 217 cm³/mol. The van der Waals surface area contributed by atoms with E-state index in [0.717, 1.165) is 40.5 Å². The van der Waals surface area contributed by atoms with Crippen LogP contribution in [0.25, 0.3) is 0 Å². The van der Waals surface area contributed by atoms with Gasteiger partial charge in [-0.1, -0.05) is 0 Å². The lowest BCUT2D eigenvalue weighted by atomic mass is 10.0.